The lowest BCUT2D eigenvalue weighted by Crippen LogP contribution is -2.47. The van der Waals surface area contributed by atoms with E-state index in [1.165, 1.54) is 12.8 Å². The highest BCUT2D eigenvalue weighted by Gasteiger charge is 2.33. The molecule has 21 heavy (non-hydrogen) atoms. The Labute approximate surface area is 135 Å². The molecule has 0 aromatic rings. The van der Waals surface area contributed by atoms with Gasteiger partial charge in [-0.3, -0.25) is 0 Å². The van der Waals surface area contributed by atoms with Crippen LogP contribution in [0.15, 0.2) is 0 Å². The molecule has 0 aromatic carbocycles. The minimum atomic E-state index is -3.29. The highest BCUT2D eigenvalue weighted by atomic mass is 35.5. The molecule has 0 bridgehead atoms. The maximum atomic E-state index is 12.2. The average Bonchev–Trinajstić information content (AvgIpc) is 3.18. The first-order valence-corrected chi connectivity index (χ1v) is 9.21. The van der Waals surface area contributed by atoms with Crippen molar-refractivity contribution in [3.05, 3.63) is 0 Å². The molecule has 2 fully saturated rings. The Balaban J connectivity index is 0.00000220. The van der Waals surface area contributed by atoms with Crippen molar-refractivity contribution in [2.24, 2.45) is 11.3 Å². The van der Waals surface area contributed by atoms with E-state index < -0.39 is 10.2 Å². The van der Waals surface area contributed by atoms with E-state index in [2.05, 4.69) is 30.8 Å². The Morgan fingerprint density at radius 3 is 2.10 bits per heavy atom. The van der Waals surface area contributed by atoms with Crippen LogP contribution >= 0.6 is 12.4 Å². The van der Waals surface area contributed by atoms with E-state index in [0.29, 0.717) is 31.6 Å². The van der Waals surface area contributed by atoms with Crippen LogP contribution < -0.4 is 10.0 Å². The minimum Gasteiger partial charge on any atom is -0.313 e. The smallest absolute Gasteiger partial charge is 0.279 e. The van der Waals surface area contributed by atoms with Gasteiger partial charge in [0, 0.05) is 32.2 Å². The number of nitrogens with zero attached hydrogens (tertiary/aromatic N) is 1. The molecule has 0 radical (unpaired) electrons. The van der Waals surface area contributed by atoms with Crippen LogP contribution in [0, 0.1) is 11.3 Å². The highest BCUT2D eigenvalue weighted by Crippen LogP contribution is 2.34. The summed E-state index contributed by atoms with van der Waals surface area (Å²) >= 11 is 0. The van der Waals surface area contributed by atoms with Gasteiger partial charge in [-0.15, -0.1) is 12.4 Å². The molecular formula is C14H30ClN3O2S. The summed E-state index contributed by atoms with van der Waals surface area (Å²) in [4.78, 5) is 0. The second-order valence-electron chi connectivity index (χ2n) is 7.17. The van der Waals surface area contributed by atoms with E-state index >= 15 is 0 Å². The second kappa shape index (κ2) is 7.59. The first-order chi connectivity index (χ1) is 9.29. The Kier molecular flexibility index (Phi) is 6.93. The number of nitrogens with one attached hydrogen (secondary N) is 2. The lowest BCUT2D eigenvalue weighted by Gasteiger charge is -2.38. The van der Waals surface area contributed by atoms with Gasteiger partial charge in [0.2, 0.25) is 0 Å². The summed E-state index contributed by atoms with van der Waals surface area (Å²) in [7, 11) is -3.29. The van der Waals surface area contributed by atoms with Crippen LogP contribution in [0.4, 0.5) is 0 Å². The van der Waals surface area contributed by atoms with Crippen molar-refractivity contribution >= 4 is 22.6 Å². The zero-order valence-corrected chi connectivity index (χ0v) is 15.0. The van der Waals surface area contributed by atoms with Crippen molar-refractivity contribution in [1.29, 1.82) is 0 Å². The van der Waals surface area contributed by atoms with E-state index in [1.807, 2.05) is 0 Å². The van der Waals surface area contributed by atoms with Gasteiger partial charge >= 0.3 is 0 Å². The zero-order valence-electron chi connectivity index (χ0n) is 13.4. The van der Waals surface area contributed by atoms with Gasteiger partial charge in [0.25, 0.3) is 10.2 Å². The second-order valence-corrected chi connectivity index (χ2v) is 8.92. The van der Waals surface area contributed by atoms with Crippen molar-refractivity contribution in [3.8, 4) is 0 Å². The summed E-state index contributed by atoms with van der Waals surface area (Å²) in [6.07, 6.45) is 4.38. The number of piperidine rings is 1. The monoisotopic (exact) mass is 339 g/mol. The molecule has 126 valence electrons. The van der Waals surface area contributed by atoms with Crippen molar-refractivity contribution < 1.29 is 8.42 Å². The molecule has 1 aliphatic heterocycles. The normalized spacial score (nSPS) is 22.0. The molecule has 0 unspecified atom stereocenters. The third kappa shape index (κ3) is 6.02. The number of halogens is 1. The number of rotatable bonds is 6. The standard InChI is InChI=1S/C14H29N3O2S.ClH/c1-14(2,3)12-6-10-17(11-7-12)20(18,19)16-9-8-15-13-4-5-13;/h12-13,15-16H,4-11H2,1-3H3;1H. The van der Waals surface area contributed by atoms with Crippen LogP contribution in [-0.4, -0.2) is 44.9 Å². The van der Waals surface area contributed by atoms with E-state index in [9.17, 15) is 8.42 Å². The summed E-state index contributed by atoms with van der Waals surface area (Å²) in [5, 5.41) is 3.31. The highest BCUT2D eigenvalue weighted by molar-refractivity contribution is 7.87. The SMILES string of the molecule is CC(C)(C)C1CCN(S(=O)(=O)NCCNC2CC2)CC1.Cl. The van der Waals surface area contributed by atoms with Crippen LogP contribution in [0.2, 0.25) is 0 Å². The first kappa shape index (κ1) is 19.2. The minimum absolute atomic E-state index is 0. The molecule has 1 heterocycles. The topological polar surface area (TPSA) is 61.4 Å². The molecule has 1 saturated heterocycles. The summed E-state index contributed by atoms with van der Waals surface area (Å²) in [6.45, 7) is 9.22. The zero-order chi connectivity index (χ0) is 14.8. The van der Waals surface area contributed by atoms with E-state index in [1.54, 1.807) is 4.31 Å². The Hall–Kier alpha value is 0.120. The quantitative estimate of drug-likeness (QED) is 0.725. The summed E-state index contributed by atoms with van der Waals surface area (Å²) in [6, 6.07) is 0.627. The van der Waals surface area contributed by atoms with Gasteiger partial charge in [0.15, 0.2) is 0 Å². The molecule has 1 saturated carbocycles. The van der Waals surface area contributed by atoms with Gasteiger partial charge in [0.1, 0.15) is 0 Å². The fourth-order valence-corrected chi connectivity index (χ4v) is 4.03. The predicted octanol–water partition coefficient (Wildman–Crippen LogP) is 1.75. The molecule has 0 atom stereocenters. The van der Waals surface area contributed by atoms with Gasteiger partial charge in [-0.25, -0.2) is 4.72 Å². The van der Waals surface area contributed by atoms with E-state index in [0.717, 1.165) is 19.4 Å². The van der Waals surface area contributed by atoms with E-state index in [-0.39, 0.29) is 17.8 Å². The third-order valence-corrected chi connectivity index (χ3v) is 6.05. The van der Waals surface area contributed by atoms with Crippen LogP contribution in [0.5, 0.6) is 0 Å². The number of hydrogen-bond acceptors (Lipinski definition) is 3. The molecule has 5 nitrogen and oxygen atoms in total. The van der Waals surface area contributed by atoms with E-state index in [4.69, 9.17) is 0 Å². The van der Waals surface area contributed by atoms with Gasteiger partial charge in [-0.1, -0.05) is 20.8 Å². The Bertz CT molecular complexity index is 410. The molecule has 0 spiro atoms. The van der Waals surface area contributed by atoms with Crippen LogP contribution in [0.3, 0.4) is 0 Å². The fraction of sp³-hybridized carbons (Fsp3) is 1.00. The maximum absolute atomic E-state index is 12.2. The lowest BCUT2D eigenvalue weighted by molar-refractivity contribution is 0.153. The summed E-state index contributed by atoms with van der Waals surface area (Å²) in [5.41, 5.74) is 0.275. The maximum Gasteiger partial charge on any atom is 0.279 e. The summed E-state index contributed by atoms with van der Waals surface area (Å²) in [5.74, 6) is 0.616. The molecule has 2 rings (SSSR count). The molecule has 0 amide bonds. The van der Waals surface area contributed by atoms with Crippen molar-refractivity contribution in [3.63, 3.8) is 0 Å². The van der Waals surface area contributed by atoms with Crippen molar-refractivity contribution in [1.82, 2.24) is 14.3 Å². The van der Waals surface area contributed by atoms with Crippen LogP contribution in [0.25, 0.3) is 0 Å². The Morgan fingerprint density at radius 2 is 1.62 bits per heavy atom. The third-order valence-electron chi connectivity index (χ3n) is 4.44. The molecule has 7 heteroatoms. The van der Waals surface area contributed by atoms with Crippen LogP contribution in [-0.2, 0) is 10.2 Å². The summed E-state index contributed by atoms with van der Waals surface area (Å²) < 4.78 is 28.7. The fourth-order valence-electron chi connectivity index (χ4n) is 2.80. The molecule has 2 aliphatic rings. The molecule has 0 aromatic heterocycles. The molecule has 2 N–H and O–H groups in total. The Morgan fingerprint density at radius 1 is 1.05 bits per heavy atom. The van der Waals surface area contributed by atoms with Gasteiger partial charge in [0.05, 0.1) is 0 Å². The predicted molar refractivity (Wildman–Crippen MR) is 88.9 cm³/mol. The molecule has 1 aliphatic carbocycles. The lowest BCUT2D eigenvalue weighted by atomic mass is 9.76. The largest absolute Gasteiger partial charge is 0.313 e. The van der Waals surface area contributed by atoms with Crippen LogP contribution in [0.1, 0.15) is 46.5 Å². The molecular weight excluding hydrogens is 310 g/mol. The van der Waals surface area contributed by atoms with Crippen molar-refractivity contribution in [2.75, 3.05) is 26.2 Å². The van der Waals surface area contributed by atoms with Gasteiger partial charge in [-0.2, -0.15) is 12.7 Å². The van der Waals surface area contributed by atoms with Gasteiger partial charge in [-0.05, 0) is 37.0 Å². The van der Waals surface area contributed by atoms with Crippen molar-refractivity contribution in [2.45, 2.75) is 52.5 Å². The first-order valence-electron chi connectivity index (χ1n) is 7.77. The number of hydrogen-bond donors (Lipinski definition) is 2. The van der Waals surface area contributed by atoms with Gasteiger partial charge < -0.3 is 5.32 Å². The average molecular weight is 340 g/mol.